The average molecular weight is 1940 g/mol. The van der Waals surface area contributed by atoms with E-state index in [1.165, 1.54) is 478 Å². The maximum atomic E-state index is 4.09. The fourth-order valence-electron chi connectivity index (χ4n) is 24.3. The van der Waals surface area contributed by atoms with Crippen LogP contribution < -0.4 is 0 Å². The standard InChI is InChI=1S/C140H181Br/c1-13-23-33-43-45-57-91-140(92-58-46-44-34-24-14-2)134-68-56-55-67-123(134)126-90-87-114(102-137(126)140)113-86-89-125-124-88-85-112(100-135(124)139(11,12)136(125)101-113)104-69-71-105(72-70-104)127-93-116(60-48-36-26-16-4)128(94-115(127)59-47-35-25-15-3)106-73-75-107(76-74-106)129-95-118(62-50-38-28-18-6)130(96-117(129)61-49-37-27-17-5)108-77-79-109(80-78-108)131-97-120(64-52-40-30-20-8)132(98-119(131)63-51-39-29-19-7)110-81-83-111(84-82-110)133-99-122(66-54-42-32-22-10)138(141)103-121(133)65-53-41-31-21-9/h55-56,67-90,93-103H,13-54,57-66,91-92H2,1-12H3. The van der Waals surface area contributed by atoms with Gasteiger partial charge in [0.1, 0.15) is 0 Å². The van der Waals surface area contributed by atoms with Crippen molar-refractivity contribution in [2.24, 2.45) is 0 Å². The van der Waals surface area contributed by atoms with Gasteiger partial charge >= 0.3 is 0 Å². The van der Waals surface area contributed by atoms with Gasteiger partial charge in [-0.15, -0.1) is 0 Å². The number of benzene rings is 12. The lowest BCUT2D eigenvalue weighted by molar-refractivity contribution is 0.398. The molecule has 0 atom stereocenters. The number of aryl methyl sites for hydroxylation is 8. The molecule has 2 aliphatic rings. The summed E-state index contributed by atoms with van der Waals surface area (Å²) in [7, 11) is 0. The largest absolute Gasteiger partial charge is 0.0654 e. The van der Waals surface area contributed by atoms with Gasteiger partial charge in [0.05, 0.1) is 0 Å². The van der Waals surface area contributed by atoms with Gasteiger partial charge in [0.25, 0.3) is 0 Å². The van der Waals surface area contributed by atoms with Gasteiger partial charge in [0, 0.05) is 15.3 Å². The van der Waals surface area contributed by atoms with Crippen LogP contribution in [-0.2, 0) is 62.2 Å². The van der Waals surface area contributed by atoms with E-state index in [1.54, 1.807) is 11.1 Å². The fourth-order valence-corrected chi connectivity index (χ4v) is 24.9. The lowest BCUT2D eigenvalue weighted by Gasteiger charge is -2.33. The van der Waals surface area contributed by atoms with Gasteiger partial charge in [0.15, 0.2) is 0 Å². The molecule has 0 saturated carbocycles. The van der Waals surface area contributed by atoms with E-state index in [9.17, 15) is 0 Å². The van der Waals surface area contributed by atoms with Crippen molar-refractivity contribution in [3.63, 3.8) is 0 Å². The minimum Gasteiger partial charge on any atom is -0.0654 e. The Labute approximate surface area is 868 Å². The Morgan fingerprint density at radius 3 is 0.645 bits per heavy atom. The second-order valence-corrected chi connectivity index (χ2v) is 44.8. The number of rotatable bonds is 63. The molecule has 0 saturated heterocycles. The predicted octanol–water partition coefficient (Wildman–Crippen LogP) is 44.5. The van der Waals surface area contributed by atoms with E-state index < -0.39 is 0 Å². The van der Waals surface area contributed by atoms with Crippen molar-refractivity contribution in [3.05, 3.63) is 296 Å². The van der Waals surface area contributed by atoms with Crippen LogP contribution in [0, 0.1) is 0 Å². The second kappa shape index (κ2) is 56.0. The molecule has 0 bridgehead atoms. The summed E-state index contributed by atoms with van der Waals surface area (Å²) < 4.78 is 1.29. The molecule has 0 aromatic heterocycles. The Bertz CT molecular complexity index is 5820. The summed E-state index contributed by atoms with van der Waals surface area (Å²) in [6, 6.07) is 93.0. The summed E-state index contributed by atoms with van der Waals surface area (Å²) in [6.07, 6.45) is 67.4. The highest BCUT2D eigenvalue weighted by Crippen LogP contribution is 2.57. The van der Waals surface area contributed by atoms with Crippen molar-refractivity contribution < 1.29 is 0 Å². The summed E-state index contributed by atoms with van der Waals surface area (Å²) in [6.45, 7) is 28.5. The molecular formula is C140H181Br. The number of hydrogen-bond acceptors (Lipinski definition) is 0. The zero-order chi connectivity index (χ0) is 98.6. The molecule has 12 aromatic carbocycles. The van der Waals surface area contributed by atoms with Crippen molar-refractivity contribution in [3.8, 4) is 122 Å². The van der Waals surface area contributed by atoms with Crippen LogP contribution in [0.3, 0.4) is 0 Å². The first kappa shape index (κ1) is 108. The highest BCUT2D eigenvalue weighted by Gasteiger charge is 2.43. The van der Waals surface area contributed by atoms with Crippen LogP contribution in [0.25, 0.3) is 122 Å². The van der Waals surface area contributed by atoms with E-state index in [0.29, 0.717) is 0 Å². The first-order chi connectivity index (χ1) is 69.2. The number of halogens is 1. The molecule has 0 N–H and O–H groups in total. The summed E-state index contributed by atoms with van der Waals surface area (Å²) >= 11 is 4.09. The zero-order valence-corrected chi connectivity index (χ0v) is 92.0. The highest BCUT2D eigenvalue weighted by atomic mass is 79.9. The number of hydrogen-bond donors (Lipinski definition) is 0. The van der Waals surface area contributed by atoms with E-state index >= 15 is 0 Å². The van der Waals surface area contributed by atoms with E-state index in [4.69, 9.17) is 0 Å². The Hall–Kier alpha value is -8.88. The van der Waals surface area contributed by atoms with Crippen LogP contribution in [0.1, 0.15) is 445 Å². The lowest BCUT2D eigenvalue weighted by Crippen LogP contribution is -2.25. The Morgan fingerprint density at radius 2 is 0.362 bits per heavy atom. The number of unbranched alkanes of at least 4 members (excludes halogenated alkanes) is 34. The Kier molecular flexibility index (Phi) is 42.8. The quantitative estimate of drug-likeness (QED) is 0.0333. The average Bonchev–Trinajstić information content (AvgIpc) is 1.56. The molecule has 2 aliphatic carbocycles. The third-order valence-corrected chi connectivity index (χ3v) is 33.6. The van der Waals surface area contributed by atoms with Crippen LogP contribution >= 0.6 is 15.9 Å². The van der Waals surface area contributed by atoms with Crippen molar-refractivity contribution in [2.45, 2.75) is 441 Å². The van der Waals surface area contributed by atoms with Crippen LogP contribution in [0.15, 0.2) is 229 Å². The molecule has 748 valence electrons. The molecule has 0 spiro atoms. The van der Waals surface area contributed by atoms with Gasteiger partial charge in [-0.3, -0.25) is 0 Å². The van der Waals surface area contributed by atoms with Crippen LogP contribution in [0.5, 0.6) is 0 Å². The summed E-state index contributed by atoms with van der Waals surface area (Å²) in [5.41, 5.74) is 48.4. The highest BCUT2D eigenvalue weighted by molar-refractivity contribution is 9.10. The van der Waals surface area contributed by atoms with Gasteiger partial charge in [-0.05, 0) is 335 Å². The maximum Gasteiger partial charge on any atom is 0.0215 e. The Morgan fingerprint density at radius 1 is 0.163 bits per heavy atom. The first-order valence-electron chi connectivity index (χ1n) is 58.5. The van der Waals surface area contributed by atoms with Gasteiger partial charge in [-0.25, -0.2) is 0 Å². The smallest absolute Gasteiger partial charge is 0.0215 e. The summed E-state index contributed by atoms with van der Waals surface area (Å²) in [4.78, 5) is 0. The fraction of sp³-hybridized carbons (Fsp3) is 0.486. The molecule has 0 aliphatic heterocycles. The van der Waals surface area contributed by atoms with Crippen molar-refractivity contribution in [1.29, 1.82) is 0 Å². The van der Waals surface area contributed by atoms with Crippen molar-refractivity contribution in [2.75, 3.05) is 0 Å². The molecule has 0 nitrogen and oxygen atoms in total. The van der Waals surface area contributed by atoms with Gasteiger partial charge in [0.2, 0.25) is 0 Å². The van der Waals surface area contributed by atoms with Crippen LogP contribution in [0.4, 0.5) is 0 Å². The normalized spacial score (nSPS) is 12.8. The molecule has 141 heavy (non-hydrogen) atoms. The van der Waals surface area contributed by atoms with Gasteiger partial charge in [-0.1, -0.05) is 524 Å². The third-order valence-electron chi connectivity index (χ3n) is 32.9. The van der Waals surface area contributed by atoms with Gasteiger partial charge < -0.3 is 0 Å². The van der Waals surface area contributed by atoms with E-state index in [0.717, 1.165) is 51.4 Å². The molecule has 0 unspecified atom stereocenters. The summed E-state index contributed by atoms with van der Waals surface area (Å²) in [5.74, 6) is 0. The molecule has 0 radical (unpaired) electrons. The molecule has 14 rings (SSSR count). The molecule has 0 heterocycles. The SMILES string of the molecule is CCCCCCCCC1(CCCCCCCC)c2ccccc2-c2ccc(-c3ccc4c(c3)C(C)(C)c3cc(-c5ccc(-c6cc(CCCCCC)c(-c7ccc(-c8cc(CCCCCC)c(-c9ccc(-c%10cc(CCCCCC)c(-c%11ccc(-c%12cc(CCCCCC)c(Br)cc%12CCCCCC)cc%11)cc%10CCCCCC)cc9)cc8CCCCCC)cc7)cc6CCCCCC)cc5)ccc3-4)cc21. The minimum atomic E-state index is -0.164. The minimum absolute atomic E-state index is 0.0557. The predicted molar refractivity (Wildman–Crippen MR) is 626 cm³/mol. The maximum absolute atomic E-state index is 4.09. The van der Waals surface area contributed by atoms with Gasteiger partial charge in [-0.2, -0.15) is 0 Å². The van der Waals surface area contributed by atoms with E-state index in [1.807, 2.05) is 0 Å². The second-order valence-electron chi connectivity index (χ2n) is 44.0. The molecular weight excluding hydrogens is 1760 g/mol. The topological polar surface area (TPSA) is 0 Å². The molecule has 0 fully saturated rings. The van der Waals surface area contributed by atoms with Crippen LogP contribution in [0.2, 0.25) is 0 Å². The lowest BCUT2D eigenvalue weighted by atomic mass is 9.70. The molecule has 12 aromatic rings. The van der Waals surface area contributed by atoms with Crippen molar-refractivity contribution in [1.82, 2.24) is 0 Å². The zero-order valence-electron chi connectivity index (χ0n) is 90.4. The van der Waals surface area contributed by atoms with Crippen molar-refractivity contribution >= 4 is 15.9 Å². The third kappa shape index (κ3) is 28.1. The van der Waals surface area contributed by atoms with E-state index in [2.05, 4.69) is 323 Å². The van der Waals surface area contributed by atoms with Crippen LogP contribution in [-0.4, -0.2) is 0 Å². The monoisotopic (exact) mass is 1940 g/mol. The Balaban J connectivity index is 0.760. The number of fused-ring (bicyclic) bond motifs is 6. The first-order valence-corrected chi connectivity index (χ1v) is 59.3. The van der Waals surface area contributed by atoms with E-state index in [-0.39, 0.29) is 10.8 Å². The summed E-state index contributed by atoms with van der Waals surface area (Å²) in [5, 5.41) is 0. The molecule has 1 heteroatoms. The molecule has 0 amide bonds.